The Hall–Kier alpha value is -2.68. The molecule has 138 valence electrons. The Kier molecular flexibility index (Phi) is 6.14. The molecule has 0 aliphatic heterocycles. The molecule has 0 aromatic heterocycles. The van der Waals surface area contributed by atoms with Gasteiger partial charge in [0.05, 0.1) is 26.9 Å². The average Bonchev–Trinajstić information content (AvgIpc) is 2.61. The molecule has 0 heterocycles. The van der Waals surface area contributed by atoms with E-state index in [-0.39, 0.29) is 10.5 Å². The van der Waals surface area contributed by atoms with Crippen LogP contribution in [0.3, 0.4) is 0 Å². The van der Waals surface area contributed by atoms with E-state index in [1.54, 1.807) is 6.07 Å². The van der Waals surface area contributed by atoms with Crippen LogP contribution in [0.2, 0.25) is 0 Å². The molecule has 1 N–H and O–H groups in total. The van der Waals surface area contributed by atoms with E-state index in [1.165, 1.54) is 31.4 Å². The SMILES string of the molecule is C[C@@H](OC(=O)c1ccccc1[S@](C)=O)C(=O)Nc1ccc(F)c(F)c1F. The topological polar surface area (TPSA) is 72.5 Å². The number of amides is 1. The molecule has 2 atom stereocenters. The summed E-state index contributed by atoms with van der Waals surface area (Å²) >= 11 is 0. The molecule has 1 amide bonds. The average molecular weight is 385 g/mol. The summed E-state index contributed by atoms with van der Waals surface area (Å²) in [5, 5.41) is 2.01. The van der Waals surface area contributed by atoms with E-state index < -0.39 is 51.9 Å². The van der Waals surface area contributed by atoms with Crippen LogP contribution in [0.4, 0.5) is 18.9 Å². The second-order valence-corrected chi connectivity index (χ2v) is 6.56. The first kappa shape index (κ1) is 19.6. The minimum Gasteiger partial charge on any atom is -0.449 e. The number of esters is 1. The van der Waals surface area contributed by atoms with Crippen molar-refractivity contribution in [3.63, 3.8) is 0 Å². The van der Waals surface area contributed by atoms with Gasteiger partial charge in [-0.3, -0.25) is 9.00 Å². The molecule has 2 aromatic rings. The Balaban J connectivity index is 2.11. The zero-order valence-electron chi connectivity index (χ0n) is 13.7. The fourth-order valence-electron chi connectivity index (χ4n) is 2.02. The monoisotopic (exact) mass is 385 g/mol. The van der Waals surface area contributed by atoms with Gasteiger partial charge in [-0.15, -0.1) is 0 Å². The molecular formula is C17H14F3NO4S. The maximum absolute atomic E-state index is 13.6. The number of hydrogen-bond acceptors (Lipinski definition) is 4. The van der Waals surface area contributed by atoms with Gasteiger partial charge in [0, 0.05) is 6.26 Å². The van der Waals surface area contributed by atoms with Gasteiger partial charge < -0.3 is 10.1 Å². The number of carbonyl (C=O) groups is 2. The summed E-state index contributed by atoms with van der Waals surface area (Å²) in [6, 6.07) is 7.49. The van der Waals surface area contributed by atoms with Crippen LogP contribution < -0.4 is 5.32 Å². The van der Waals surface area contributed by atoms with Gasteiger partial charge in [-0.25, -0.2) is 18.0 Å². The molecule has 0 bridgehead atoms. The number of rotatable bonds is 5. The zero-order valence-corrected chi connectivity index (χ0v) is 14.5. The quantitative estimate of drug-likeness (QED) is 0.634. The van der Waals surface area contributed by atoms with Crippen LogP contribution in [0, 0.1) is 17.5 Å². The smallest absolute Gasteiger partial charge is 0.340 e. The zero-order chi connectivity index (χ0) is 19.4. The molecule has 0 saturated heterocycles. The molecule has 0 fully saturated rings. The van der Waals surface area contributed by atoms with Crippen LogP contribution in [-0.4, -0.2) is 28.4 Å². The summed E-state index contributed by atoms with van der Waals surface area (Å²) in [5.74, 6) is -6.54. The van der Waals surface area contributed by atoms with Crippen LogP contribution >= 0.6 is 0 Å². The lowest BCUT2D eigenvalue weighted by Gasteiger charge is -2.15. The maximum Gasteiger partial charge on any atom is 0.340 e. The third-order valence-corrected chi connectivity index (χ3v) is 4.34. The summed E-state index contributed by atoms with van der Waals surface area (Å²) in [4.78, 5) is 24.4. The summed E-state index contributed by atoms with van der Waals surface area (Å²) in [6.07, 6.45) is 0.0158. The molecule has 0 aliphatic carbocycles. The van der Waals surface area contributed by atoms with Crippen molar-refractivity contribution in [3.8, 4) is 0 Å². The Morgan fingerprint density at radius 2 is 1.73 bits per heavy atom. The number of ether oxygens (including phenoxy) is 1. The number of carbonyl (C=O) groups excluding carboxylic acids is 2. The van der Waals surface area contributed by atoms with Crippen LogP contribution in [0.1, 0.15) is 17.3 Å². The number of anilines is 1. The van der Waals surface area contributed by atoms with E-state index in [1.807, 2.05) is 5.32 Å². The van der Waals surface area contributed by atoms with Gasteiger partial charge in [0.1, 0.15) is 0 Å². The van der Waals surface area contributed by atoms with E-state index >= 15 is 0 Å². The Bertz CT molecular complexity index is 888. The normalized spacial score (nSPS) is 13.0. The first-order chi connectivity index (χ1) is 12.2. The van der Waals surface area contributed by atoms with Crippen molar-refractivity contribution in [1.29, 1.82) is 0 Å². The summed E-state index contributed by atoms with van der Waals surface area (Å²) < 4.78 is 56.3. The van der Waals surface area contributed by atoms with Gasteiger partial charge in [0.15, 0.2) is 23.6 Å². The molecule has 0 radical (unpaired) electrons. The van der Waals surface area contributed by atoms with Crippen molar-refractivity contribution in [1.82, 2.24) is 0 Å². The predicted octanol–water partition coefficient (Wildman–Crippen LogP) is 3.03. The van der Waals surface area contributed by atoms with Crippen molar-refractivity contribution in [3.05, 3.63) is 59.4 Å². The van der Waals surface area contributed by atoms with E-state index in [2.05, 4.69) is 0 Å². The van der Waals surface area contributed by atoms with Crippen molar-refractivity contribution >= 4 is 28.4 Å². The van der Waals surface area contributed by atoms with Crippen molar-refractivity contribution in [2.75, 3.05) is 11.6 Å². The highest BCUT2D eigenvalue weighted by molar-refractivity contribution is 7.84. The molecule has 5 nitrogen and oxygen atoms in total. The van der Waals surface area contributed by atoms with Crippen molar-refractivity contribution < 1.29 is 31.7 Å². The molecule has 9 heteroatoms. The third-order valence-electron chi connectivity index (χ3n) is 3.36. The molecule has 2 rings (SSSR count). The number of halogens is 3. The second-order valence-electron chi connectivity index (χ2n) is 5.21. The van der Waals surface area contributed by atoms with Crippen LogP contribution in [-0.2, 0) is 20.3 Å². The minimum absolute atomic E-state index is 0.0204. The fraction of sp³-hybridized carbons (Fsp3) is 0.176. The van der Waals surface area contributed by atoms with Gasteiger partial charge in [0.25, 0.3) is 5.91 Å². The molecule has 0 aliphatic rings. The molecule has 0 saturated carbocycles. The van der Waals surface area contributed by atoms with Gasteiger partial charge in [-0.05, 0) is 31.2 Å². The summed E-state index contributed by atoms with van der Waals surface area (Å²) in [7, 11) is -1.45. The lowest BCUT2D eigenvalue weighted by molar-refractivity contribution is -0.123. The van der Waals surface area contributed by atoms with E-state index in [0.717, 1.165) is 6.07 Å². The lowest BCUT2D eigenvalue weighted by Crippen LogP contribution is -2.30. The maximum atomic E-state index is 13.6. The first-order valence-corrected chi connectivity index (χ1v) is 8.86. The van der Waals surface area contributed by atoms with Crippen molar-refractivity contribution in [2.45, 2.75) is 17.9 Å². The highest BCUT2D eigenvalue weighted by Crippen LogP contribution is 2.20. The largest absolute Gasteiger partial charge is 0.449 e. The van der Waals surface area contributed by atoms with E-state index in [0.29, 0.717) is 6.07 Å². The predicted molar refractivity (Wildman–Crippen MR) is 88.6 cm³/mol. The van der Waals surface area contributed by atoms with E-state index in [4.69, 9.17) is 4.74 Å². The Morgan fingerprint density at radius 1 is 1.08 bits per heavy atom. The van der Waals surface area contributed by atoms with Crippen LogP contribution in [0.25, 0.3) is 0 Å². The van der Waals surface area contributed by atoms with Gasteiger partial charge in [-0.2, -0.15) is 0 Å². The molecule has 2 aromatic carbocycles. The molecule has 0 spiro atoms. The second kappa shape index (κ2) is 8.13. The third kappa shape index (κ3) is 4.29. The van der Waals surface area contributed by atoms with Crippen molar-refractivity contribution in [2.24, 2.45) is 0 Å². The van der Waals surface area contributed by atoms with E-state index in [9.17, 15) is 27.0 Å². The number of benzene rings is 2. The molecular weight excluding hydrogens is 371 g/mol. The fourth-order valence-corrected chi connectivity index (χ4v) is 2.75. The summed E-state index contributed by atoms with van der Waals surface area (Å²) in [5.41, 5.74) is -0.571. The number of nitrogens with one attached hydrogen (secondary N) is 1. The standard InChI is InChI=1S/C17H14F3NO4S/c1-9(16(22)21-12-8-7-11(18)14(19)15(12)20)25-17(23)10-5-3-4-6-13(10)26(2)24/h3-9H,1-2H3,(H,21,22)/t9-,26+/m1/s1. The molecule has 26 heavy (non-hydrogen) atoms. The van der Waals surface area contributed by atoms with Gasteiger partial charge >= 0.3 is 5.97 Å². The van der Waals surface area contributed by atoms with Crippen LogP contribution in [0.5, 0.6) is 0 Å². The van der Waals surface area contributed by atoms with Gasteiger partial charge in [-0.1, -0.05) is 12.1 Å². The molecule has 0 unspecified atom stereocenters. The Labute approximate surface area is 149 Å². The highest BCUT2D eigenvalue weighted by Gasteiger charge is 2.23. The lowest BCUT2D eigenvalue weighted by atomic mass is 10.2. The highest BCUT2D eigenvalue weighted by atomic mass is 32.2. The minimum atomic E-state index is -1.73. The Morgan fingerprint density at radius 3 is 2.38 bits per heavy atom. The van der Waals surface area contributed by atoms with Gasteiger partial charge in [0.2, 0.25) is 0 Å². The summed E-state index contributed by atoms with van der Waals surface area (Å²) in [6.45, 7) is 1.22. The first-order valence-electron chi connectivity index (χ1n) is 7.30. The number of hydrogen-bond donors (Lipinski definition) is 1. The van der Waals surface area contributed by atoms with Crippen LogP contribution in [0.15, 0.2) is 41.3 Å².